The van der Waals surface area contributed by atoms with E-state index in [0.29, 0.717) is 23.7 Å². The van der Waals surface area contributed by atoms with Crippen molar-refractivity contribution in [2.45, 2.75) is 43.9 Å². The number of para-hydroxylation sites is 1. The zero-order chi connectivity index (χ0) is 19.8. The third-order valence-electron chi connectivity index (χ3n) is 6.21. The number of hydrogen-bond donors (Lipinski definition) is 2. The van der Waals surface area contributed by atoms with E-state index in [1.807, 2.05) is 42.5 Å². The van der Waals surface area contributed by atoms with Crippen molar-refractivity contribution in [1.82, 2.24) is 10.2 Å². The third kappa shape index (κ3) is 3.89. The lowest BCUT2D eigenvalue weighted by molar-refractivity contribution is -0.122. The van der Waals surface area contributed by atoms with Crippen LogP contribution in [0.4, 0.5) is 5.69 Å². The summed E-state index contributed by atoms with van der Waals surface area (Å²) in [4.78, 5) is 28.0. The van der Waals surface area contributed by atoms with Crippen LogP contribution in [0.1, 0.15) is 35.2 Å². The van der Waals surface area contributed by atoms with E-state index in [0.717, 1.165) is 43.7 Å². The summed E-state index contributed by atoms with van der Waals surface area (Å²) in [5.74, 6) is 0.633. The van der Waals surface area contributed by atoms with Gasteiger partial charge in [0.25, 0.3) is 11.8 Å². The van der Waals surface area contributed by atoms with Gasteiger partial charge in [0.05, 0.1) is 0 Å². The number of carbonyl (C=O) groups excluding carboxylic acids is 2. The first-order valence-corrected chi connectivity index (χ1v) is 10.4. The Hall–Kier alpha value is -2.57. The first-order valence-electron chi connectivity index (χ1n) is 10.4. The maximum Gasteiger partial charge on any atom is 0.265 e. The zero-order valence-electron chi connectivity index (χ0n) is 16.7. The van der Waals surface area contributed by atoms with E-state index in [-0.39, 0.29) is 30.3 Å². The second-order valence-electron chi connectivity index (χ2n) is 8.08. The number of nitrogens with one attached hydrogen (secondary N) is 2. The number of hydrogen-bond acceptors (Lipinski definition) is 4. The Kier molecular flexibility index (Phi) is 5.97. The van der Waals surface area contributed by atoms with Crippen molar-refractivity contribution in [3.63, 3.8) is 0 Å². The van der Waals surface area contributed by atoms with Crippen molar-refractivity contribution in [3.8, 4) is 5.75 Å². The molecule has 2 bridgehead atoms. The summed E-state index contributed by atoms with van der Waals surface area (Å²) in [5, 5.41) is 6.35. The van der Waals surface area contributed by atoms with Gasteiger partial charge in [-0.25, -0.2) is 0 Å². The maximum atomic E-state index is 13.2. The molecule has 2 aromatic carbocycles. The van der Waals surface area contributed by atoms with Gasteiger partial charge in [0, 0.05) is 36.3 Å². The fraction of sp³-hybridized carbons (Fsp3) is 0.391. The molecule has 3 aliphatic rings. The van der Waals surface area contributed by atoms with Crippen LogP contribution in [0.2, 0.25) is 0 Å². The highest BCUT2D eigenvalue weighted by molar-refractivity contribution is 5.99. The highest BCUT2D eigenvalue weighted by Gasteiger charge is 2.38. The molecule has 6 nitrogen and oxygen atoms in total. The number of ether oxygens (including phenoxy) is 1. The lowest BCUT2D eigenvalue weighted by Crippen LogP contribution is -2.42. The van der Waals surface area contributed by atoms with Gasteiger partial charge < -0.3 is 20.3 Å². The van der Waals surface area contributed by atoms with Crippen LogP contribution in [-0.2, 0) is 11.2 Å². The molecule has 30 heavy (non-hydrogen) atoms. The van der Waals surface area contributed by atoms with Gasteiger partial charge in [0.1, 0.15) is 5.75 Å². The molecule has 5 rings (SSSR count). The van der Waals surface area contributed by atoms with Crippen molar-refractivity contribution in [3.05, 3.63) is 59.7 Å². The van der Waals surface area contributed by atoms with E-state index < -0.39 is 6.10 Å². The topological polar surface area (TPSA) is 70.7 Å². The van der Waals surface area contributed by atoms with Gasteiger partial charge in [-0.1, -0.05) is 24.3 Å². The van der Waals surface area contributed by atoms with Crippen LogP contribution in [0.15, 0.2) is 48.5 Å². The van der Waals surface area contributed by atoms with E-state index in [1.165, 1.54) is 0 Å². The summed E-state index contributed by atoms with van der Waals surface area (Å²) in [6, 6.07) is 15.5. The van der Waals surface area contributed by atoms with Gasteiger partial charge >= 0.3 is 0 Å². The minimum atomic E-state index is -0.542. The molecule has 0 aromatic heterocycles. The Morgan fingerprint density at radius 2 is 1.87 bits per heavy atom. The lowest BCUT2D eigenvalue weighted by atomic mass is 10.1. The molecule has 0 spiro atoms. The highest BCUT2D eigenvalue weighted by Crippen LogP contribution is 2.31. The molecule has 0 radical (unpaired) electrons. The first kappa shape index (κ1) is 20.7. The third-order valence-corrected chi connectivity index (χ3v) is 6.21. The van der Waals surface area contributed by atoms with E-state index in [2.05, 4.69) is 15.5 Å². The van der Waals surface area contributed by atoms with Crippen LogP contribution < -0.4 is 15.4 Å². The minimum absolute atomic E-state index is 0. The van der Waals surface area contributed by atoms with Crippen molar-refractivity contribution >= 4 is 29.9 Å². The highest BCUT2D eigenvalue weighted by atomic mass is 35.5. The average Bonchev–Trinajstić information content (AvgIpc) is 3.27. The molecule has 3 aliphatic heterocycles. The molecular weight excluding hydrogens is 402 g/mol. The van der Waals surface area contributed by atoms with Crippen LogP contribution in [-0.4, -0.2) is 48.0 Å². The fourth-order valence-electron chi connectivity index (χ4n) is 4.74. The van der Waals surface area contributed by atoms with Gasteiger partial charge in [0.15, 0.2) is 6.10 Å². The van der Waals surface area contributed by atoms with Crippen LogP contribution in [0.25, 0.3) is 0 Å². The summed E-state index contributed by atoms with van der Waals surface area (Å²) >= 11 is 0. The van der Waals surface area contributed by atoms with E-state index in [4.69, 9.17) is 4.74 Å². The molecule has 3 heterocycles. The second kappa shape index (κ2) is 8.66. The number of carbonyl (C=O) groups is 2. The Morgan fingerprint density at radius 3 is 2.73 bits per heavy atom. The molecule has 0 aliphatic carbocycles. The fourth-order valence-corrected chi connectivity index (χ4v) is 4.74. The molecule has 3 atom stereocenters. The monoisotopic (exact) mass is 427 g/mol. The number of benzene rings is 2. The minimum Gasteiger partial charge on any atom is -0.480 e. The van der Waals surface area contributed by atoms with Crippen molar-refractivity contribution < 1.29 is 14.3 Å². The van der Waals surface area contributed by atoms with Crippen LogP contribution in [0, 0.1) is 0 Å². The molecule has 2 N–H and O–H groups in total. The Balaban J connectivity index is 0.00000218. The van der Waals surface area contributed by atoms with E-state index >= 15 is 0 Å². The van der Waals surface area contributed by atoms with Crippen molar-refractivity contribution in [2.24, 2.45) is 0 Å². The maximum absolute atomic E-state index is 13.2. The lowest BCUT2D eigenvalue weighted by Gasteiger charge is -2.28. The molecule has 3 unspecified atom stereocenters. The summed E-state index contributed by atoms with van der Waals surface area (Å²) < 4.78 is 5.77. The van der Waals surface area contributed by atoms with Gasteiger partial charge in [-0.15, -0.1) is 12.4 Å². The zero-order valence-corrected chi connectivity index (χ0v) is 17.5. The molecule has 2 aromatic rings. The van der Waals surface area contributed by atoms with Crippen LogP contribution in [0.3, 0.4) is 0 Å². The van der Waals surface area contributed by atoms with Gasteiger partial charge in [0.2, 0.25) is 0 Å². The largest absolute Gasteiger partial charge is 0.480 e. The molecule has 2 saturated heterocycles. The van der Waals surface area contributed by atoms with Gasteiger partial charge in [-0.3, -0.25) is 9.59 Å². The molecule has 158 valence electrons. The SMILES string of the molecule is Cl.O=C(Nc1cccc(C(=O)N2C3CCNCC2CC3)c1)C1Cc2ccccc2O1. The number of halogens is 1. The Morgan fingerprint density at radius 1 is 1.03 bits per heavy atom. The number of amides is 2. The van der Waals surface area contributed by atoms with Crippen LogP contribution in [0.5, 0.6) is 5.75 Å². The smallest absolute Gasteiger partial charge is 0.265 e. The number of fused-ring (bicyclic) bond motifs is 3. The Bertz CT molecular complexity index is 912. The van der Waals surface area contributed by atoms with Crippen molar-refractivity contribution in [1.29, 1.82) is 0 Å². The summed E-state index contributed by atoms with van der Waals surface area (Å²) in [6.45, 7) is 1.82. The van der Waals surface area contributed by atoms with Gasteiger partial charge in [-0.2, -0.15) is 0 Å². The molecule has 2 amide bonds. The first-order chi connectivity index (χ1) is 14.2. The standard InChI is InChI=1S/C23H25N3O3.ClH/c27-22(21-13-15-4-1-2-7-20(15)29-21)25-17-6-3-5-16(12-17)23(28)26-18-8-9-19(26)14-24-11-10-18;/h1-7,12,18-19,21,24H,8-11,13-14H2,(H,25,27);1H. The summed E-state index contributed by atoms with van der Waals surface area (Å²) in [7, 11) is 0. The number of anilines is 1. The summed E-state index contributed by atoms with van der Waals surface area (Å²) in [5.41, 5.74) is 2.29. The van der Waals surface area contributed by atoms with Crippen molar-refractivity contribution in [2.75, 3.05) is 18.4 Å². The van der Waals surface area contributed by atoms with E-state index in [9.17, 15) is 9.59 Å². The predicted molar refractivity (Wildman–Crippen MR) is 117 cm³/mol. The van der Waals surface area contributed by atoms with E-state index in [1.54, 1.807) is 6.07 Å². The molecule has 7 heteroatoms. The summed E-state index contributed by atoms with van der Waals surface area (Å²) in [6.07, 6.45) is 3.15. The van der Waals surface area contributed by atoms with Gasteiger partial charge in [-0.05, 0) is 55.6 Å². The second-order valence-corrected chi connectivity index (χ2v) is 8.08. The molecular formula is C23H26ClN3O3. The molecule has 2 fully saturated rings. The predicted octanol–water partition coefficient (Wildman–Crippen LogP) is 3.02. The normalized spacial score (nSPS) is 24.3. The quantitative estimate of drug-likeness (QED) is 0.790. The number of nitrogens with zero attached hydrogens (tertiary/aromatic N) is 1. The Labute approximate surface area is 182 Å². The average molecular weight is 428 g/mol. The van der Waals surface area contributed by atoms with Crippen LogP contribution >= 0.6 is 12.4 Å². The number of rotatable bonds is 3. The molecule has 0 saturated carbocycles.